The molecule has 0 bridgehead atoms. The fourth-order valence-corrected chi connectivity index (χ4v) is 4.70. The van der Waals surface area contributed by atoms with Crippen LogP contribution in [0.25, 0.3) is 0 Å². The second-order valence-electron chi connectivity index (χ2n) is 6.25. The standard InChI is InChI=1S/C19H34OSe/c1-3-4-5-6-7-8-9-10-12-15-18(21-2)19(20)16-13-11-14-17-19/h13,15-16,20H,3-12,14,17H2,1-2H3/b18-15-. The van der Waals surface area contributed by atoms with Crippen LogP contribution in [0.2, 0.25) is 5.82 Å². The Kier molecular flexibility index (Phi) is 10.4. The van der Waals surface area contributed by atoms with E-state index >= 15 is 0 Å². The van der Waals surface area contributed by atoms with Gasteiger partial charge >= 0.3 is 138 Å². The van der Waals surface area contributed by atoms with Gasteiger partial charge in [-0.05, 0) is 0 Å². The van der Waals surface area contributed by atoms with Crippen LogP contribution in [0.5, 0.6) is 0 Å². The fourth-order valence-electron chi connectivity index (χ4n) is 3.00. The van der Waals surface area contributed by atoms with E-state index in [4.69, 9.17) is 0 Å². The van der Waals surface area contributed by atoms with E-state index in [9.17, 15) is 5.11 Å². The molecule has 0 saturated heterocycles. The number of rotatable bonds is 11. The van der Waals surface area contributed by atoms with E-state index in [1.165, 1.54) is 55.8 Å². The molecule has 122 valence electrons. The van der Waals surface area contributed by atoms with Gasteiger partial charge in [0.15, 0.2) is 0 Å². The number of unbranched alkanes of at least 4 members (excludes halogenated alkanes) is 8. The van der Waals surface area contributed by atoms with Crippen LogP contribution in [0, 0.1) is 0 Å². The van der Waals surface area contributed by atoms with Crippen LogP contribution >= 0.6 is 0 Å². The van der Waals surface area contributed by atoms with Crippen LogP contribution in [0.1, 0.15) is 84.0 Å². The van der Waals surface area contributed by atoms with Crippen LogP contribution in [0.4, 0.5) is 0 Å². The number of hydrogen-bond acceptors (Lipinski definition) is 1. The summed E-state index contributed by atoms with van der Waals surface area (Å²) < 4.78 is 1.30. The van der Waals surface area contributed by atoms with E-state index < -0.39 is 5.60 Å². The first-order valence-corrected chi connectivity index (χ1v) is 11.4. The Labute approximate surface area is 138 Å². The van der Waals surface area contributed by atoms with Gasteiger partial charge in [-0.15, -0.1) is 0 Å². The Morgan fingerprint density at radius 2 is 1.81 bits per heavy atom. The average Bonchev–Trinajstić information content (AvgIpc) is 2.50. The van der Waals surface area contributed by atoms with Gasteiger partial charge in [0.25, 0.3) is 0 Å². The van der Waals surface area contributed by atoms with Crippen molar-refractivity contribution in [3.63, 3.8) is 0 Å². The Bertz CT molecular complexity index is 322. The van der Waals surface area contributed by atoms with Gasteiger partial charge in [-0.25, -0.2) is 0 Å². The van der Waals surface area contributed by atoms with Gasteiger partial charge in [0.1, 0.15) is 0 Å². The predicted octanol–water partition coefficient (Wildman–Crippen LogP) is 5.62. The van der Waals surface area contributed by atoms with E-state index in [0.29, 0.717) is 15.0 Å². The van der Waals surface area contributed by atoms with Crippen molar-refractivity contribution in [3.05, 3.63) is 22.7 Å². The zero-order valence-electron chi connectivity index (χ0n) is 14.1. The van der Waals surface area contributed by atoms with Gasteiger partial charge in [-0.2, -0.15) is 0 Å². The first-order chi connectivity index (χ1) is 10.2. The molecule has 1 aliphatic rings. The Balaban J connectivity index is 2.18. The zero-order chi connectivity index (χ0) is 15.4. The molecular formula is C19H34OSe. The van der Waals surface area contributed by atoms with Crippen molar-refractivity contribution in [1.29, 1.82) is 0 Å². The number of hydrogen-bond donors (Lipinski definition) is 1. The van der Waals surface area contributed by atoms with Crippen molar-refractivity contribution < 1.29 is 5.11 Å². The zero-order valence-corrected chi connectivity index (χ0v) is 15.8. The quantitative estimate of drug-likeness (QED) is 0.289. The summed E-state index contributed by atoms with van der Waals surface area (Å²) in [7, 11) is 0. The third kappa shape index (κ3) is 7.68. The van der Waals surface area contributed by atoms with Gasteiger partial charge in [0.2, 0.25) is 0 Å². The Morgan fingerprint density at radius 1 is 1.14 bits per heavy atom. The molecule has 0 radical (unpaired) electrons. The van der Waals surface area contributed by atoms with E-state index in [0.717, 1.165) is 25.7 Å². The van der Waals surface area contributed by atoms with Crippen LogP contribution in [0.15, 0.2) is 22.7 Å². The Morgan fingerprint density at radius 3 is 2.38 bits per heavy atom. The molecule has 1 rings (SSSR count). The van der Waals surface area contributed by atoms with Crippen molar-refractivity contribution >= 4 is 15.0 Å². The molecule has 0 aromatic carbocycles. The van der Waals surface area contributed by atoms with E-state index in [1.54, 1.807) is 0 Å². The van der Waals surface area contributed by atoms with Gasteiger partial charge in [-0.3, -0.25) is 0 Å². The van der Waals surface area contributed by atoms with Crippen molar-refractivity contribution in [2.75, 3.05) is 0 Å². The molecule has 0 amide bonds. The van der Waals surface area contributed by atoms with Gasteiger partial charge in [0.05, 0.1) is 0 Å². The summed E-state index contributed by atoms with van der Waals surface area (Å²) in [5, 5.41) is 10.7. The first kappa shape index (κ1) is 19.0. The molecule has 1 N–H and O–H groups in total. The molecule has 0 aromatic rings. The van der Waals surface area contributed by atoms with E-state index in [-0.39, 0.29) is 0 Å². The van der Waals surface area contributed by atoms with Gasteiger partial charge in [0, 0.05) is 0 Å². The molecule has 1 atom stereocenters. The summed E-state index contributed by atoms with van der Waals surface area (Å²) in [6.07, 6.45) is 21.8. The molecule has 0 aromatic heterocycles. The van der Waals surface area contributed by atoms with Crippen LogP contribution in [-0.4, -0.2) is 25.7 Å². The SMILES string of the molecule is CCCCCCCCCC/C=C(\[Se]C)C1(O)C=CCCC1. The fraction of sp³-hybridized carbons (Fsp3) is 0.789. The van der Waals surface area contributed by atoms with Crippen molar-refractivity contribution in [2.45, 2.75) is 95.4 Å². The van der Waals surface area contributed by atoms with Crippen LogP contribution in [0.3, 0.4) is 0 Å². The first-order valence-electron chi connectivity index (χ1n) is 8.87. The predicted molar refractivity (Wildman–Crippen MR) is 94.9 cm³/mol. The van der Waals surface area contributed by atoms with E-state index in [1.807, 2.05) is 6.08 Å². The van der Waals surface area contributed by atoms with Crippen LogP contribution < -0.4 is 0 Å². The third-order valence-corrected chi connectivity index (χ3v) is 6.37. The topological polar surface area (TPSA) is 20.2 Å². The summed E-state index contributed by atoms with van der Waals surface area (Å²) in [5.74, 6) is 2.23. The number of aliphatic hydroxyl groups is 1. The molecule has 0 heterocycles. The maximum atomic E-state index is 10.7. The second kappa shape index (κ2) is 11.5. The monoisotopic (exact) mass is 358 g/mol. The molecule has 0 spiro atoms. The summed E-state index contributed by atoms with van der Waals surface area (Å²) in [6.45, 7) is 2.27. The third-order valence-electron chi connectivity index (χ3n) is 4.36. The normalized spacial score (nSPS) is 22.7. The molecule has 0 saturated carbocycles. The minimum atomic E-state index is -0.604. The number of allylic oxidation sites excluding steroid dienone is 2. The van der Waals surface area contributed by atoms with Crippen molar-refractivity contribution in [3.8, 4) is 0 Å². The van der Waals surface area contributed by atoms with Crippen LogP contribution in [-0.2, 0) is 0 Å². The molecule has 1 nitrogen and oxygen atoms in total. The molecule has 2 heteroatoms. The molecule has 0 aliphatic heterocycles. The summed E-state index contributed by atoms with van der Waals surface area (Å²) in [5.41, 5.74) is -0.604. The summed E-state index contributed by atoms with van der Waals surface area (Å²) in [4.78, 5) is 0. The molecule has 0 fully saturated rings. The van der Waals surface area contributed by atoms with E-state index in [2.05, 4.69) is 24.9 Å². The van der Waals surface area contributed by atoms with Gasteiger partial charge in [-0.1, -0.05) is 0 Å². The molecule has 1 aliphatic carbocycles. The maximum absolute atomic E-state index is 10.7. The molecule has 21 heavy (non-hydrogen) atoms. The minimum absolute atomic E-state index is 0.413. The second-order valence-corrected chi connectivity index (χ2v) is 8.03. The Hall–Kier alpha value is -0.0405. The summed E-state index contributed by atoms with van der Waals surface area (Å²) in [6, 6.07) is 0. The van der Waals surface area contributed by atoms with Gasteiger partial charge < -0.3 is 0 Å². The summed E-state index contributed by atoms with van der Waals surface area (Å²) >= 11 is 0.413. The van der Waals surface area contributed by atoms with Crippen molar-refractivity contribution in [1.82, 2.24) is 0 Å². The molecule has 1 unspecified atom stereocenters. The average molecular weight is 357 g/mol. The van der Waals surface area contributed by atoms with Crippen molar-refractivity contribution in [2.24, 2.45) is 0 Å². The molecular weight excluding hydrogens is 323 g/mol.